The Morgan fingerprint density at radius 1 is 1.32 bits per heavy atom. The molecule has 0 aromatic carbocycles. The molecule has 3 nitrogen and oxygen atoms in total. The third-order valence-corrected chi connectivity index (χ3v) is 7.83. The molecule has 6 heteroatoms. The molecule has 1 aliphatic carbocycles. The van der Waals surface area contributed by atoms with Crippen LogP contribution in [0.1, 0.15) is 32.1 Å². The first-order valence-corrected chi connectivity index (χ1v) is 10.8. The highest BCUT2D eigenvalue weighted by atomic mass is 32.2. The standard InChI is InChI=1S/C13H25NO2S3/c1-19(15,16)12-9-18-8-7-14(12)10-13(11-17)5-3-2-4-6-13/h12,17H,2-11H2,1H3. The molecule has 1 heterocycles. The second kappa shape index (κ2) is 6.58. The molecule has 0 N–H and O–H groups in total. The van der Waals surface area contributed by atoms with Gasteiger partial charge in [0.15, 0.2) is 9.84 Å². The molecule has 2 fully saturated rings. The van der Waals surface area contributed by atoms with E-state index >= 15 is 0 Å². The molecule has 19 heavy (non-hydrogen) atoms. The van der Waals surface area contributed by atoms with Crippen molar-refractivity contribution in [2.45, 2.75) is 37.5 Å². The summed E-state index contributed by atoms with van der Waals surface area (Å²) < 4.78 is 23.9. The van der Waals surface area contributed by atoms with Crippen LogP contribution in [0, 0.1) is 5.41 Å². The van der Waals surface area contributed by atoms with Crippen LogP contribution in [0.4, 0.5) is 0 Å². The Hall–Kier alpha value is 0.610. The molecular weight excluding hydrogens is 298 g/mol. The Bertz CT molecular complexity index is 391. The van der Waals surface area contributed by atoms with Gasteiger partial charge < -0.3 is 0 Å². The lowest BCUT2D eigenvalue weighted by Crippen LogP contribution is -2.52. The van der Waals surface area contributed by atoms with Crippen molar-refractivity contribution in [1.29, 1.82) is 0 Å². The SMILES string of the molecule is CS(=O)(=O)C1CSCCN1CC1(CS)CCCCC1. The fourth-order valence-corrected chi connectivity index (χ4v) is 6.65. The summed E-state index contributed by atoms with van der Waals surface area (Å²) in [5, 5.41) is -0.287. The predicted molar refractivity (Wildman–Crippen MR) is 86.9 cm³/mol. The van der Waals surface area contributed by atoms with Crippen molar-refractivity contribution in [3.63, 3.8) is 0 Å². The third-order valence-electron chi connectivity index (χ3n) is 4.47. The van der Waals surface area contributed by atoms with Crippen molar-refractivity contribution >= 4 is 34.2 Å². The van der Waals surface area contributed by atoms with Gasteiger partial charge in [0.1, 0.15) is 5.37 Å². The second-order valence-electron chi connectivity index (χ2n) is 6.05. The first-order valence-electron chi connectivity index (χ1n) is 7.08. The van der Waals surface area contributed by atoms with E-state index in [1.165, 1.54) is 38.4 Å². The number of rotatable bonds is 4. The van der Waals surface area contributed by atoms with E-state index in [1.807, 2.05) is 0 Å². The fraction of sp³-hybridized carbons (Fsp3) is 1.00. The summed E-state index contributed by atoms with van der Waals surface area (Å²) in [6, 6.07) is 0. The summed E-state index contributed by atoms with van der Waals surface area (Å²) in [7, 11) is -2.98. The average Bonchev–Trinajstić information content (AvgIpc) is 2.39. The zero-order valence-electron chi connectivity index (χ0n) is 11.7. The summed E-state index contributed by atoms with van der Waals surface area (Å²) in [5.74, 6) is 2.66. The summed E-state index contributed by atoms with van der Waals surface area (Å²) in [5.41, 5.74) is 0.242. The van der Waals surface area contributed by atoms with E-state index in [1.54, 1.807) is 11.8 Å². The normalized spacial score (nSPS) is 29.3. The lowest BCUT2D eigenvalue weighted by atomic mass is 9.75. The van der Waals surface area contributed by atoms with Gasteiger partial charge in [-0.25, -0.2) is 8.42 Å². The quantitative estimate of drug-likeness (QED) is 0.806. The van der Waals surface area contributed by atoms with E-state index in [4.69, 9.17) is 0 Å². The number of sulfone groups is 1. The Kier molecular flexibility index (Phi) is 5.54. The highest BCUT2D eigenvalue weighted by Crippen LogP contribution is 2.39. The van der Waals surface area contributed by atoms with Gasteiger partial charge in [0.05, 0.1) is 0 Å². The van der Waals surface area contributed by atoms with Gasteiger partial charge in [-0.15, -0.1) is 0 Å². The van der Waals surface area contributed by atoms with Crippen LogP contribution in [0.2, 0.25) is 0 Å². The number of nitrogens with zero attached hydrogens (tertiary/aromatic N) is 1. The van der Waals surface area contributed by atoms with Gasteiger partial charge in [-0.1, -0.05) is 19.3 Å². The molecule has 1 saturated heterocycles. The number of thiol groups is 1. The molecular formula is C13H25NO2S3. The molecule has 1 unspecified atom stereocenters. The zero-order chi connectivity index (χ0) is 13.9. The van der Waals surface area contributed by atoms with E-state index in [-0.39, 0.29) is 10.8 Å². The minimum absolute atomic E-state index is 0.242. The molecule has 112 valence electrons. The van der Waals surface area contributed by atoms with Crippen molar-refractivity contribution in [1.82, 2.24) is 4.90 Å². The third kappa shape index (κ3) is 4.05. The Morgan fingerprint density at radius 2 is 2.00 bits per heavy atom. The van der Waals surface area contributed by atoms with E-state index in [2.05, 4.69) is 17.5 Å². The highest BCUT2D eigenvalue weighted by Gasteiger charge is 2.38. The molecule has 1 aliphatic heterocycles. The van der Waals surface area contributed by atoms with Gasteiger partial charge in [-0.05, 0) is 24.0 Å². The average molecular weight is 324 g/mol. The van der Waals surface area contributed by atoms with Gasteiger partial charge >= 0.3 is 0 Å². The van der Waals surface area contributed by atoms with E-state index in [0.29, 0.717) is 0 Å². The smallest absolute Gasteiger partial charge is 0.164 e. The van der Waals surface area contributed by atoms with Gasteiger partial charge in [-0.3, -0.25) is 4.90 Å². The molecule has 1 saturated carbocycles. The Labute approximate surface area is 127 Å². The van der Waals surface area contributed by atoms with E-state index in [0.717, 1.165) is 30.3 Å². The molecule has 0 aromatic heterocycles. The maximum Gasteiger partial charge on any atom is 0.164 e. The first kappa shape index (κ1) is 16.0. The molecule has 1 atom stereocenters. The largest absolute Gasteiger partial charge is 0.285 e. The molecule has 2 rings (SSSR count). The van der Waals surface area contributed by atoms with Gasteiger partial charge in [0.2, 0.25) is 0 Å². The van der Waals surface area contributed by atoms with Crippen LogP contribution in [0.3, 0.4) is 0 Å². The summed E-state index contributed by atoms with van der Waals surface area (Å²) in [6.45, 7) is 1.81. The van der Waals surface area contributed by atoms with Crippen molar-refractivity contribution in [3.05, 3.63) is 0 Å². The van der Waals surface area contributed by atoms with Crippen molar-refractivity contribution in [2.24, 2.45) is 5.41 Å². The van der Waals surface area contributed by atoms with Crippen LogP contribution < -0.4 is 0 Å². The molecule has 0 radical (unpaired) electrons. The van der Waals surface area contributed by atoms with Gasteiger partial charge in [-0.2, -0.15) is 24.4 Å². The fourth-order valence-electron chi connectivity index (χ4n) is 3.29. The lowest BCUT2D eigenvalue weighted by Gasteiger charge is -2.44. The van der Waals surface area contributed by atoms with Crippen LogP contribution in [0.25, 0.3) is 0 Å². The number of thioether (sulfide) groups is 1. The van der Waals surface area contributed by atoms with Crippen LogP contribution in [-0.4, -0.2) is 55.3 Å². The molecule has 0 spiro atoms. The maximum absolute atomic E-state index is 12.0. The Morgan fingerprint density at radius 3 is 2.58 bits per heavy atom. The summed E-state index contributed by atoms with van der Waals surface area (Å²) in [4.78, 5) is 2.22. The maximum atomic E-state index is 12.0. The zero-order valence-corrected chi connectivity index (χ0v) is 14.2. The summed E-state index contributed by atoms with van der Waals surface area (Å²) >= 11 is 6.33. The van der Waals surface area contributed by atoms with E-state index < -0.39 is 9.84 Å². The van der Waals surface area contributed by atoms with Gasteiger partial charge in [0, 0.05) is 30.9 Å². The van der Waals surface area contributed by atoms with E-state index in [9.17, 15) is 8.42 Å². The number of hydrogen-bond donors (Lipinski definition) is 1. The van der Waals surface area contributed by atoms with Crippen LogP contribution >= 0.6 is 24.4 Å². The first-order chi connectivity index (χ1) is 8.97. The monoisotopic (exact) mass is 323 g/mol. The van der Waals surface area contributed by atoms with Crippen LogP contribution in [0.5, 0.6) is 0 Å². The lowest BCUT2D eigenvalue weighted by molar-refractivity contribution is 0.123. The topological polar surface area (TPSA) is 37.4 Å². The second-order valence-corrected chi connectivity index (χ2v) is 9.72. The molecule has 0 aromatic rings. The van der Waals surface area contributed by atoms with Gasteiger partial charge in [0.25, 0.3) is 0 Å². The molecule has 2 aliphatic rings. The minimum Gasteiger partial charge on any atom is -0.285 e. The summed E-state index contributed by atoms with van der Waals surface area (Å²) in [6.07, 6.45) is 7.65. The minimum atomic E-state index is -2.98. The van der Waals surface area contributed by atoms with Crippen LogP contribution in [0.15, 0.2) is 0 Å². The molecule has 0 bridgehead atoms. The number of hydrogen-bond acceptors (Lipinski definition) is 5. The highest BCUT2D eigenvalue weighted by molar-refractivity contribution is 8.00. The van der Waals surface area contributed by atoms with Crippen LogP contribution in [-0.2, 0) is 9.84 Å². The Balaban J connectivity index is 2.10. The van der Waals surface area contributed by atoms with Crippen molar-refractivity contribution < 1.29 is 8.42 Å². The molecule has 0 amide bonds. The van der Waals surface area contributed by atoms with Crippen molar-refractivity contribution in [3.8, 4) is 0 Å². The predicted octanol–water partition coefficient (Wildman–Crippen LogP) is 2.29. The van der Waals surface area contributed by atoms with Crippen molar-refractivity contribution in [2.75, 3.05) is 36.6 Å².